The monoisotopic (exact) mass is 228 g/mol. The van der Waals surface area contributed by atoms with Crippen LogP contribution in [-0.2, 0) is 0 Å². The van der Waals surface area contributed by atoms with Gasteiger partial charge in [-0.05, 0) is 65.6 Å². The zero-order valence-corrected chi connectivity index (χ0v) is 11.1. The van der Waals surface area contributed by atoms with Crippen LogP contribution in [0.5, 0.6) is 0 Å². The highest BCUT2D eigenvalue weighted by Crippen LogP contribution is 2.18. The van der Waals surface area contributed by atoms with Crippen LogP contribution < -0.4 is 5.32 Å². The quantitative estimate of drug-likeness (QED) is 0.676. The van der Waals surface area contributed by atoms with E-state index < -0.39 is 0 Å². The van der Waals surface area contributed by atoms with Gasteiger partial charge in [0.05, 0.1) is 0 Å². The highest BCUT2D eigenvalue weighted by atomic mass is 16.3. The molecule has 0 spiro atoms. The molecule has 0 bridgehead atoms. The molecule has 2 N–H and O–H groups in total. The van der Waals surface area contributed by atoms with Gasteiger partial charge in [0.1, 0.15) is 0 Å². The lowest BCUT2D eigenvalue weighted by atomic mass is 10.1. The van der Waals surface area contributed by atoms with Crippen molar-refractivity contribution in [3.63, 3.8) is 0 Å². The van der Waals surface area contributed by atoms with Gasteiger partial charge in [-0.25, -0.2) is 0 Å². The van der Waals surface area contributed by atoms with Crippen LogP contribution in [0.1, 0.15) is 40.0 Å². The molecule has 1 saturated heterocycles. The Morgan fingerprint density at radius 3 is 2.75 bits per heavy atom. The van der Waals surface area contributed by atoms with Crippen molar-refractivity contribution in [3.8, 4) is 0 Å². The Bertz CT molecular complexity index is 189. The summed E-state index contributed by atoms with van der Waals surface area (Å²) in [5, 5.41) is 12.4. The van der Waals surface area contributed by atoms with Crippen molar-refractivity contribution >= 4 is 0 Å². The van der Waals surface area contributed by atoms with Crippen LogP contribution in [-0.4, -0.2) is 48.3 Å². The first-order valence-corrected chi connectivity index (χ1v) is 6.59. The second-order valence-electron chi connectivity index (χ2n) is 6.00. The molecule has 1 aliphatic rings. The summed E-state index contributed by atoms with van der Waals surface area (Å²) >= 11 is 0. The summed E-state index contributed by atoms with van der Waals surface area (Å²) in [4.78, 5) is 2.53. The van der Waals surface area contributed by atoms with Gasteiger partial charge in [0.25, 0.3) is 0 Å². The minimum Gasteiger partial charge on any atom is -0.396 e. The molecule has 3 heteroatoms. The van der Waals surface area contributed by atoms with Gasteiger partial charge in [-0.15, -0.1) is 0 Å². The van der Waals surface area contributed by atoms with E-state index in [0.717, 1.165) is 18.9 Å². The summed E-state index contributed by atoms with van der Waals surface area (Å²) in [5.41, 5.74) is 0.241. The number of rotatable bonds is 6. The zero-order valence-electron chi connectivity index (χ0n) is 11.1. The van der Waals surface area contributed by atoms with Crippen molar-refractivity contribution in [1.29, 1.82) is 0 Å². The fourth-order valence-corrected chi connectivity index (χ4v) is 2.30. The number of nitrogens with one attached hydrogen (secondary N) is 1. The van der Waals surface area contributed by atoms with Gasteiger partial charge in [0.15, 0.2) is 0 Å². The molecule has 1 heterocycles. The van der Waals surface area contributed by atoms with E-state index >= 15 is 0 Å². The average Bonchev–Trinajstić information content (AvgIpc) is 2.60. The van der Waals surface area contributed by atoms with E-state index in [1.165, 1.54) is 32.5 Å². The number of aliphatic hydroxyl groups is 1. The lowest BCUT2D eigenvalue weighted by molar-refractivity contribution is 0.249. The molecule has 0 radical (unpaired) electrons. The molecule has 1 atom stereocenters. The van der Waals surface area contributed by atoms with Crippen molar-refractivity contribution in [3.05, 3.63) is 0 Å². The first-order valence-electron chi connectivity index (χ1n) is 6.59. The second kappa shape index (κ2) is 6.58. The van der Waals surface area contributed by atoms with Crippen molar-refractivity contribution in [2.45, 2.75) is 45.6 Å². The van der Waals surface area contributed by atoms with Crippen LogP contribution in [0.15, 0.2) is 0 Å². The van der Waals surface area contributed by atoms with Crippen LogP contribution in [0, 0.1) is 5.92 Å². The van der Waals surface area contributed by atoms with Crippen LogP contribution in [0.2, 0.25) is 0 Å². The van der Waals surface area contributed by atoms with E-state index in [9.17, 15) is 0 Å². The molecule has 3 nitrogen and oxygen atoms in total. The van der Waals surface area contributed by atoms with Crippen LogP contribution in [0.4, 0.5) is 0 Å². The smallest absolute Gasteiger partial charge is 0.0434 e. The molecule has 0 aromatic rings. The van der Waals surface area contributed by atoms with Gasteiger partial charge in [-0.2, -0.15) is 0 Å². The van der Waals surface area contributed by atoms with Gasteiger partial charge in [-0.1, -0.05) is 0 Å². The van der Waals surface area contributed by atoms with Crippen LogP contribution >= 0.6 is 0 Å². The molecule has 0 aliphatic carbocycles. The molecular weight excluding hydrogens is 200 g/mol. The number of nitrogens with zero attached hydrogens (tertiary/aromatic N) is 1. The van der Waals surface area contributed by atoms with E-state index in [2.05, 4.69) is 31.0 Å². The molecule has 0 aromatic heterocycles. The molecule has 0 amide bonds. The summed E-state index contributed by atoms with van der Waals surface area (Å²) in [6.07, 6.45) is 3.48. The lowest BCUT2D eigenvalue weighted by Gasteiger charge is -2.22. The van der Waals surface area contributed by atoms with E-state index in [1.54, 1.807) is 0 Å². The SMILES string of the molecule is CC(C)(C)NCCCN1CCC(CCO)C1. The Morgan fingerprint density at radius 2 is 2.12 bits per heavy atom. The fraction of sp³-hybridized carbons (Fsp3) is 1.00. The molecule has 1 unspecified atom stereocenters. The summed E-state index contributed by atoms with van der Waals surface area (Å²) in [5.74, 6) is 0.737. The summed E-state index contributed by atoms with van der Waals surface area (Å²) in [6.45, 7) is 11.7. The van der Waals surface area contributed by atoms with Crippen molar-refractivity contribution in [1.82, 2.24) is 10.2 Å². The summed E-state index contributed by atoms with van der Waals surface area (Å²) in [6, 6.07) is 0. The lowest BCUT2D eigenvalue weighted by Crippen LogP contribution is -2.37. The first-order chi connectivity index (χ1) is 7.51. The van der Waals surface area contributed by atoms with Gasteiger partial charge in [-0.3, -0.25) is 0 Å². The second-order valence-corrected chi connectivity index (χ2v) is 6.00. The molecule has 1 fully saturated rings. The molecule has 16 heavy (non-hydrogen) atoms. The van der Waals surface area contributed by atoms with Crippen LogP contribution in [0.3, 0.4) is 0 Å². The van der Waals surface area contributed by atoms with Crippen molar-refractivity contribution < 1.29 is 5.11 Å². The van der Waals surface area contributed by atoms with Gasteiger partial charge in [0.2, 0.25) is 0 Å². The third-order valence-electron chi connectivity index (χ3n) is 3.21. The maximum Gasteiger partial charge on any atom is 0.0434 e. The topological polar surface area (TPSA) is 35.5 Å². The predicted octanol–water partition coefficient (Wildman–Crippen LogP) is 1.47. The molecule has 0 aromatic carbocycles. The molecule has 0 saturated carbocycles. The molecule has 1 rings (SSSR count). The Kier molecular flexibility index (Phi) is 5.73. The van der Waals surface area contributed by atoms with E-state index in [4.69, 9.17) is 5.11 Å². The third kappa shape index (κ3) is 5.83. The maximum atomic E-state index is 8.89. The van der Waals surface area contributed by atoms with Crippen molar-refractivity contribution in [2.24, 2.45) is 5.92 Å². The van der Waals surface area contributed by atoms with Crippen LogP contribution in [0.25, 0.3) is 0 Å². The predicted molar refractivity (Wildman–Crippen MR) is 68.6 cm³/mol. The minimum atomic E-state index is 0.241. The number of hydrogen-bond acceptors (Lipinski definition) is 3. The Morgan fingerprint density at radius 1 is 1.38 bits per heavy atom. The fourth-order valence-electron chi connectivity index (χ4n) is 2.30. The van der Waals surface area contributed by atoms with E-state index in [1.807, 2.05) is 0 Å². The standard InChI is InChI=1S/C13H28N2O/c1-13(2,3)14-7-4-8-15-9-5-12(11-15)6-10-16/h12,14,16H,4-11H2,1-3H3. The summed E-state index contributed by atoms with van der Waals surface area (Å²) < 4.78 is 0. The average molecular weight is 228 g/mol. The van der Waals surface area contributed by atoms with E-state index in [0.29, 0.717) is 6.61 Å². The normalized spacial score (nSPS) is 22.9. The highest BCUT2D eigenvalue weighted by molar-refractivity contribution is 4.76. The first kappa shape index (κ1) is 13.9. The molecular formula is C13H28N2O. The number of likely N-dealkylation sites (tertiary alicyclic amines) is 1. The third-order valence-corrected chi connectivity index (χ3v) is 3.21. The molecule has 1 aliphatic heterocycles. The Hall–Kier alpha value is -0.120. The van der Waals surface area contributed by atoms with Gasteiger partial charge >= 0.3 is 0 Å². The largest absolute Gasteiger partial charge is 0.396 e. The number of aliphatic hydroxyl groups excluding tert-OH is 1. The highest BCUT2D eigenvalue weighted by Gasteiger charge is 2.21. The minimum absolute atomic E-state index is 0.241. The number of hydrogen-bond donors (Lipinski definition) is 2. The Labute approximate surface area is 100 Å². The Balaban J connectivity index is 2.02. The molecule has 96 valence electrons. The van der Waals surface area contributed by atoms with Crippen molar-refractivity contribution in [2.75, 3.05) is 32.8 Å². The van der Waals surface area contributed by atoms with E-state index in [-0.39, 0.29) is 5.54 Å². The zero-order chi connectivity index (χ0) is 12.0. The van der Waals surface area contributed by atoms with Gasteiger partial charge < -0.3 is 15.3 Å². The maximum absolute atomic E-state index is 8.89. The van der Waals surface area contributed by atoms with Gasteiger partial charge in [0, 0.05) is 18.7 Å². The summed E-state index contributed by atoms with van der Waals surface area (Å²) in [7, 11) is 0.